The van der Waals surface area contributed by atoms with Gasteiger partial charge in [-0.05, 0) is 80.5 Å². The van der Waals surface area contributed by atoms with Gasteiger partial charge in [-0.15, -0.1) is 0 Å². The number of sulfonamides is 1. The number of nitrogens with zero attached hydrogens (tertiary/aromatic N) is 1. The van der Waals surface area contributed by atoms with Gasteiger partial charge in [0.1, 0.15) is 5.82 Å². The molecule has 31 heavy (non-hydrogen) atoms. The van der Waals surface area contributed by atoms with E-state index in [-0.39, 0.29) is 28.8 Å². The van der Waals surface area contributed by atoms with Gasteiger partial charge >= 0.3 is 0 Å². The van der Waals surface area contributed by atoms with E-state index >= 15 is 0 Å². The Morgan fingerprint density at radius 3 is 2.61 bits per heavy atom. The molecule has 3 aliphatic carbocycles. The summed E-state index contributed by atoms with van der Waals surface area (Å²) in [4.78, 5) is 13.2. The zero-order valence-electron chi connectivity index (χ0n) is 18.1. The minimum absolute atomic E-state index is 0.00757. The fourth-order valence-corrected chi connectivity index (χ4v) is 8.80. The summed E-state index contributed by atoms with van der Waals surface area (Å²) in [6, 6.07) is 4.65. The molecular formula is C24H33FN2O3S. The van der Waals surface area contributed by atoms with Gasteiger partial charge < -0.3 is 5.32 Å². The number of nitrogens with one attached hydrogen (secondary N) is 1. The number of benzene rings is 1. The highest BCUT2D eigenvalue weighted by molar-refractivity contribution is 7.89. The van der Waals surface area contributed by atoms with E-state index in [2.05, 4.69) is 5.32 Å². The molecule has 5 atom stereocenters. The Hall–Kier alpha value is -1.47. The van der Waals surface area contributed by atoms with Crippen LogP contribution in [0.1, 0.15) is 70.6 Å². The average molecular weight is 449 g/mol. The van der Waals surface area contributed by atoms with Gasteiger partial charge in [0, 0.05) is 24.5 Å². The van der Waals surface area contributed by atoms with Crippen molar-refractivity contribution in [3.8, 4) is 0 Å². The van der Waals surface area contributed by atoms with Gasteiger partial charge in [0.2, 0.25) is 15.9 Å². The number of carbonyl (C=O) groups excluding carboxylic acids is 1. The van der Waals surface area contributed by atoms with E-state index in [0.717, 1.165) is 49.9 Å². The summed E-state index contributed by atoms with van der Waals surface area (Å²) in [5, 5.41) is 3.41. The molecule has 7 heteroatoms. The van der Waals surface area contributed by atoms with Gasteiger partial charge in [0.15, 0.2) is 0 Å². The lowest BCUT2D eigenvalue weighted by atomic mass is 9.75. The van der Waals surface area contributed by atoms with Crippen LogP contribution in [-0.4, -0.2) is 36.8 Å². The quantitative estimate of drug-likeness (QED) is 0.733. The van der Waals surface area contributed by atoms with Crippen LogP contribution < -0.4 is 5.32 Å². The molecule has 4 aliphatic rings. The third-order valence-corrected chi connectivity index (χ3v) is 10.3. The van der Waals surface area contributed by atoms with Crippen LogP contribution in [0.25, 0.3) is 0 Å². The first-order valence-corrected chi connectivity index (χ1v) is 13.4. The molecule has 1 heterocycles. The van der Waals surface area contributed by atoms with Crippen molar-refractivity contribution in [3.05, 3.63) is 30.1 Å². The summed E-state index contributed by atoms with van der Waals surface area (Å²) in [6.45, 7) is 0.412. The zero-order valence-corrected chi connectivity index (χ0v) is 18.9. The SMILES string of the molecule is O=C(CC1CCCCN1S(=O)(=O)c1ccc(F)cc1)N[C@@]12CC3C[C@H](CCC[C@H]3C1)C2. The second-order valence-corrected chi connectivity index (χ2v) is 12.3. The Morgan fingerprint density at radius 1 is 1.03 bits per heavy atom. The maximum atomic E-state index is 13.3. The van der Waals surface area contributed by atoms with Crippen LogP contribution in [0.15, 0.2) is 29.2 Å². The van der Waals surface area contributed by atoms with E-state index in [4.69, 9.17) is 0 Å². The van der Waals surface area contributed by atoms with Gasteiger partial charge in [0.05, 0.1) is 4.90 Å². The smallest absolute Gasteiger partial charge is 0.243 e. The molecule has 0 aromatic heterocycles. The van der Waals surface area contributed by atoms with Crippen molar-refractivity contribution in [1.82, 2.24) is 9.62 Å². The average Bonchev–Trinajstić information content (AvgIpc) is 2.87. The molecule has 3 bridgehead atoms. The number of rotatable bonds is 5. The van der Waals surface area contributed by atoms with E-state index in [1.807, 2.05) is 0 Å². The third-order valence-electron chi connectivity index (χ3n) is 8.29. The van der Waals surface area contributed by atoms with Crippen molar-refractivity contribution in [2.24, 2.45) is 17.8 Å². The fraction of sp³-hybridized carbons (Fsp3) is 0.708. The molecule has 5 rings (SSSR count). The Balaban J connectivity index is 1.29. The lowest BCUT2D eigenvalue weighted by Gasteiger charge is -2.40. The molecule has 1 amide bonds. The summed E-state index contributed by atoms with van der Waals surface area (Å²) in [6.07, 6.45) is 11.1. The van der Waals surface area contributed by atoms with Crippen LogP contribution in [0, 0.1) is 23.6 Å². The number of amides is 1. The molecule has 4 fully saturated rings. The highest BCUT2D eigenvalue weighted by Crippen LogP contribution is 2.55. The molecular weight excluding hydrogens is 415 g/mol. The normalized spacial score (nSPS) is 35.6. The first-order chi connectivity index (χ1) is 14.8. The molecule has 1 aliphatic heterocycles. The van der Waals surface area contributed by atoms with Crippen LogP contribution in [0.3, 0.4) is 0 Å². The molecule has 0 spiro atoms. The van der Waals surface area contributed by atoms with E-state index in [9.17, 15) is 17.6 Å². The van der Waals surface area contributed by atoms with Crippen LogP contribution in [-0.2, 0) is 14.8 Å². The fourth-order valence-electron chi connectivity index (χ4n) is 7.10. The van der Waals surface area contributed by atoms with Gasteiger partial charge in [-0.1, -0.05) is 25.7 Å². The zero-order chi connectivity index (χ0) is 21.6. The van der Waals surface area contributed by atoms with Gasteiger partial charge in [0.25, 0.3) is 0 Å². The monoisotopic (exact) mass is 448 g/mol. The highest BCUT2D eigenvalue weighted by Gasteiger charge is 2.52. The van der Waals surface area contributed by atoms with Crippen molar-refractivity contribution in [1.29, 1.82) is 0 Å². The van der Waals surface area contributed by atoms with Crippen molar-refractivity contribution >= 4 is 15.9 Å². The maximum absolute atomic E-state index is 13.3. The van der Waals surface area contributed by atoms with E-state index in [1.54, 1.807) is 0 Å². The lowest BCUT2D eigenvalue weighted by Crippen LogP contribution is -2.52. The summed E-state index contributed by atoms with van der Waals surface area (Å²) in [7, 11) is -3.74. The van der Waals surface area contributed by atoms with Crippen LogP contribution in [0.2, 0.25) is 0 Å². The topological polar surface area (TPSA) is 66.5 Å². The largest absolute Gasteiger partial charge is 0.351 e. The van der Waals surface area contributed by atoms with Crippen LogP contribution >= 0.6 is 0 Å². The molecule has 1 aromatic rings. The van der Waals surface area contributed by atoms with Crippen molar-refractivity contribution < 1.29 is 17.6 Å². The van der Waals surface area contributed by atoms with Crippen LogP contribution in [0.4, 0.5) is 4.39 Å². The molecule has 0 radical (unpaired) electrons. The molecule has 1 saturated heterocycles. The predicted octanol–water partition coefficient (Wildman–Crippen LogP) is 4.23. The van der Waals surface area contributed by atoms with E-state index in [1.165, 1.54) is 54.3 Å². The van der Waals surface area contributed by atoms with Crippen molar-refractivity contribution in [2.75, 3.05) is 6.54 Å². The minimum atomic E-state index is -3.74. The predicted molar refractivity (Wildman–Crippen MR) is 116 cm³/mol. The Kier molecular flexibility index (Phi) is 5.62. The Labute approximate surface area is 184 Å². The number of carbonyl (C=O) groups is 1. The summed E-state index contributed by atoms with van der Waals surface area (Å²) < 4.78 is 41.2. The number of halogens is 1. The van der Waals surface area contributed by atoms with E-state index < -0.39 is 15.8 Å². The Morgan fingerprint density at radius 2 is 1.81 bits per heavy atom. The molecule has 3 saturated carbocycles. The molecule has 1 aromatic carbocycles. The van der Waals surface area contributed by atoms with Crippen LogP contribution in [0.5, 0.6) is 0 Å². The summed E-state index contributed by atoms with van der Waals surface area (Å²) in [5.41, 5.74) is -0.0644. The number of piperidine rings is 1. The second-order valence-electron chi connectivity index (χ2n) is 10.4. The van der Waals surface area contributed by atoms with Crippen molar-refractivity contribution in [3.63, 3.8) is 0 Å². The second kappa shape index (κ2) is 8.14. The van der Waals surface area contributed by atoms with Gasteiger partial charge in [-0.2, -0.15) is 4.31 Å². The third kappa shape index (κ3) is 4.15. The first kappa shape index (κ1) is 21.4. The number of fused-ring (bicyclic) bond motifs is 2. The van der Waals surface area contributed by atoms with Gasteiger partial charge in [-0.3, -0.25) is 4.79 Å². The molecule has 5 nitrogen and oxygen atoms in total. The summed E-state index contributed by atoms with van der Waals surface area (Å²) >= 11 is 0. The standard InChI is InChI=1S/C24H33FN2O3S/c25-20-7-9-22(10-8-20)31(29,30)27-11-2-1-6-21(27)13-23(28)26-24-14-17-4-3-5-18(15-24)19(12-17)16-24/h7-10,17-19,21H,1-6,11-16H2,(H,26,28)/t17-,18-,19?,21?,24+/m0/s1. The minimum Gasteiger partial charge on any atom is -0.351 e. The molecule has 2 unspecified atom stereocenters. The number of hydrogen-bond donors (Lipinski definition) is 1. The first-order valence-electron chi connectivity index (χ1n) is 11.9. The number of hydrogen-bond acceptors (Lipinski definition) is 3. The maximum Gasteiger partial charge on any atom is 0.243 e. The highest BCUT2D eigenvalue weighted by atomic mass is 32.2. The van der Waals surface area contributed by atoms with Gasteiger partial charge in [-0.25, -0.2) is 12.8 Å². The Bertz CT molecular complexity index is 931. The molecule has 1 N–H and O–H groups in total. The van der Waals surface area contributed by atoms with Crippen molar-refractivity contribution in [2.45, 2.75) is 87.1 Å². The lowest BCUT2D eigenvalue weighted by molar-refractivity contribution is -0.124. The molecule has 170 valence electrons. The van der Waals surface area contributed by atoms with E-state index in [0.29, 0.717) is 13.0 Å². The summed E-state index contributed by atoms with van der Waals surface area (Å²) in [5.74, 6) is 1.77.